The van der Waals surface area contributed by atoms with Crippen LogP contribution in [0.25, 0.3) is 0 Å². The van der Waals surface area contributed by atoms with Crippen molar-refractivity contribution in [1.82, 2.24) is 9.55 Å². The number of hydrogen-bond donors (Lipinski definition) is 1. The van der Waals surface area contributed by atoms with Crippen LogP contribution in [-0.4, -0.2) is 16.7 Å². The summed E-state index contributed by atoms with van der Waals surface area (Å²) >= 11 is 0. The van der Waals surface area contributed by atoms with E-state index in [-0.39, 0.29) is 11.6 Å². The Kier molecular flexibility index (Phi) is 4.21. The molecular formula is C21H21N3O2. The lowest BCUT2D eigenvalue weighted by molar-refractivity contribution is 0.415. The van der Waals surface area contributed by atoms with Gasteiger partial charge in [0.2, 0.25) is 5.95 Å². The van der Waals surface area contributed by atoms with E-state index in [4.69, 9.17) is 4.74 Å². The van der Waals surface area contributed by atoms with Crippen molar-refractivity contribution in [2.75, 3.05) is 12.4 Å². The second-order valence-electron chi connectivity index (χ2n) is 6.55. The fraction of sp³-hybridized carbons (Fsp3) is 0.238. The molecule has 0 aliphatic carbocycles. The molecule has 0 saturated heterocycles. The molecule has 0 amide bonds. The molecule has 1 aliphatic heterocycles. The monoisotopic (exact) mass is 347 g/mol. The molecule has 1 aliphatic rings. The molecule has 2 aromatic carbocycles. The van der Waals surface area contributed by atoms with Gasteiger partial charge in [-0.2, -0.15) is 4.98 Å². The Morgan fingerprint density at radius 1 is 1.15 bits per heavy atom. The first-order valence-electron chi connectivity index (χ1n) is 8.75. The average Bonchev–Trinajstić information content (AvgIpc) is 3.08. The van der Waals surface area contributed by atoms with Crippen LogP contribution in [0.2, 0.25) is 0 Å². The number of nitrogens with zero attached hydrogens (tertiary/aromatic N) is 2. The van der Waals surface area contributed by atoms with Crippen LogP contribution in [0, 0.1) is 6.92 Å². The van der Waals surface area contributed by atoms with E-state index in [0.29, 0.717) is 5.95 Å². The first-order valence-corrected chi connectivity index (χ1v) is 8.75. The normalized spacial score (nSPS) is 15.5. The van der Waals surface area contributed by atoms with Gasteiger partial charge in [-0.15, -0.1) is 0 Å². The molecule has 5 heteroatoms. The summed E-state index contributed by atoms with van der Waals surface area (Å²) < 4.78 is 7.47. The Morgan fingerprint density at radius 2 is 1.96 bits per heavy atom. The molecule has 0 saturated carbocycles. The largest absolute Gasteiger partial charge is 0.497 e. The van der Waals surface area contributed by atoms with Gasteiger partial charge in [0, 0.05) is 23.5 Å². The van der Waals surface area contributed by atoms with Crippen molar-refractivity contribution in [3.05, 3.63) is 81.8 Å². The minimum absolute atomic E-state index is 0.174. The van der Waals surface area contributed by atoms with Crippen LogP contribution in [0.1, 0.15) is 29.3 Å². The fourth-order valence-corrected chi connectivity index (χ4v) is 3.56. The summed E-state index contributed by atoms with van der Waals surface area (Å²) in [6.45, 7) is 2.02. The van der Waals surface area contributed by atoms with E-state index in [1.54, 1.807) is 13.2 Å². The summed E-state index contributed by atoms with van der Waals surface area (Å²) in [7, 11) is 1.64. The number of hydrogen-bond acceptors (Lipinski definition) is 4. The molecule has 1 atom stereocenters. The van der Waals surface area contributed by atoms with Crippen molar-refractivity contribution >= 4 is 11.6 Å². The summed E-state index contributed by atoms with van der Waals surface area (Å²) in [5.41, 5.74) is 3.97. The predicted molar refractivity (Wildman–Crippen MR) is 102 cm³/mol. The smallest absolute Gasteiger partial charge is 0.274 e. The third-order valence-corrected chi connectivity index (χ3v) is 4.90. The van der Waals surface area contributed by atoms with E-state index < -0.39 is 0 Å². The molecule has 0 bridgehead atoms. The summed E-state index contributed by atoms with van der Waals surface area (Å²) in [4.78, 5) is 16.4. The molecule has 4 rings (SSSR count). The van der Waals surface area contributed by atoms with E-state index in [0.717, 1.165) is 35.5 Å². The predicted octanol–water partition coefficient (Wildman–Crippen LogP) is 3.84. The Balaban J connectivity index is 1.80. The number of aryl methyl sites for hydroxylation is 2. The second kappa shape index (κ2) is 6.67. The van der Waals surface area contributed by atoms with Crippen LogP contribution in [-0.2, 0) is 6.42 Å². The molecule has 0 spiro atoms. The van der Waals surface area contributed by atoms with E-state index in [1.807, 2.05) is 43.3 Å². The molecular weight excluding hydrogens is 326 g/mol. The molecule has 1 unspecified atom stereocenters. The van der Waals surface area contributed by atoms with Gasteiger partial charge < -0.3 is 14.6 Å². The highest BCUT2D eigenvalue weighted by Crippen LogP contribution is 2.35. The van der Waals surface area contributed by atoms with E-state index in [2.05, 4.69) is 27.0 Å². The first-order chi connectivity index (χ1) is 12.7. The van der Waals surface area contributed by atoms with Crippen molar-refractivity contribution in [3.8, 4) is 5.75 Å². The molecule has 1 aromatic heterocycles. The number of ether oxygens (including phenoxy) is 1. The SMILES string of the molecule is COc1ccc(C)c(Nc2nc(=O)cc3n2C(c2ccccc2)CC3)c1. The summed E-state index contributed by atoms with van der Waals surface area (Å²) in [5, 5.41) is 3.36. The van der Waals surface area contributed by atoms with Gasteiger partial charge >= 0.3 is 0 Å². The van der Waals surface area contributed by atoms with E-state index >= 15 is 0 Å². The fourth-order valence-electron chi connectivity index (χ4n) is 3.56. The summed E-state index contributed by atoms with van der Waals surface area (Å²) in [6.07, 6.45) is 1.82. The van der Waals surface area contributed by atoms with Gasteiger partial charge in [-0.3, -0.25) is 4.79 Å². The number of aromatic nitrogens is 2. The van der Waals surface area contributed by atoms with Crippen molar-refractivity contribution in [3.63, 3.8) is 0 Å². The van der Waals surface area contributed by atoms with Gasteiger partial charge in [0.1, 0.15) is 5.75 Å². The minimum atomic E-state index is -0.215. The quantitative estimate of drug-likeness (QED) is 0.779. The number of benzene rings is 2. The number of fused-ring (bicyclic) bond motifs is 1. The topological polar surface area (TPSA) is 56.1 Å². The molecule has 2 heterocycles. The summed E-state index contributed by atoms with van der Waals surface area (Å²) in [5.74, 6) is 1.34. The maximum Gasteiger partial charge on any atom is 0.274 e. The van der Waals surface area contributed by atoms with Crippen LogP contribution >= 0.6 is 0 Å². The molecule has 1 N–H and O–H groups in total. The third kappa shape index (κ3) is 2.96. The Labute approximate surface area is 152 Å². The van der Waals surface area contributed by atoms with Crippen molar-refractivity contribution in [2.45, 2.75) is 25.8 Å². The zero-order chi connectivity index (χ0) is 18.1. The van der Waals surface area contributed by atoms with Crippen LogP contribution in [0.15, 0.2) is 59.4 Å². The summed E-state index contributed by atoms with van der Waals surface area (Å²) in [6, 6.07) is 18.0. The van der Waals surface area contributed by atoms with Gasteiger partial charge in [0.25, 0.3) is 5.56 Å². The lowest BCUT2D eigenvalue weighted by Crippen LogP contribution is -2.19. The molecule has 0 fully saturated rings. The molecule has 5 nitrogen and oxygen atoms in total. The Bertz CT molecular complexity index is 996. The van der Waals surface area contributed by atoms with Gasteiger partial charge in [0.15, 0.2) is 0 Å². The van der Waals surface area contributed by atoms with Crippen LogP contribution < -0.4 is 15.6 Å². The number of methoxy groups -OCH3 is 1. The zero-order valence-corrected chi connectivity index (χ0v) is 14.9. The van der Waals surface area contributed by atoms with Crippen LogP contribution in [0.4, 0.5) is 11.6 Å². The van der Waals surface area contributed by atoms with Crippen molar-refractivity contribution < 1.29 is 4.74 Å². The number of anilines is 2. The Hall–Kier alpha value is -3.08. The van der Waals surface area contributed by atoms with Gasteiger partial charge in [-0.1, -0.05) is 36.4 Å². The lowest BCUT2D eigenvalue weighted by Gasteiger charge is -2.21. The molecule has 0 radical (unpaired) electrons. The first kappa shape index (κ1) is 16.4. The second-order valence-corrected chi connectivity index (χ2v) is 6.55. The molecule has 26 heavy (non-hydrogen) atoms. The van der Waals surface area contributed by atoms with Crippen molar-refractivity contribution in [1.29, 1.82) is 0 Å². The third-order valence-electron chi connectivity index (χ3n) is 4.90. The minimum Gasteiger partial charge on any atom is -0.497 e. The van der Waals surface area contributed by atoms with E-state index in [1.165, 1.54) is 5.56 Å². The number of nitrogens with one attached hydrogen (secondary N) is 1. The maximum atomic E-state index is 12.1. The van der Waals surface area contributed by atoms with E-state index in [9.17, 15) is 4.79 Å². The number of rotatable bonds is 4. The lowest BCUT2D eigenvalue weighted by atomic mass is 10.1. The highest BCUT2D eigenvalue weighted by Gasteiger charge is 2.26. The van der Waals surface area contributed by atoms with Crippen LogP contribution in [0.3, 0.4) is 0 Å². The Morgan fingerprint density at radius 3 is 2.73 bits per heavy atom. The zero-order valence-electron chi connectivity index (χ0n) is 14.9. The highest BCUT2D eigenvalue weighted by molar-refractivity contribution is 5.61. The van der Waals surface area contributed by atoms with Gasteiger partial charge in [-0.25, -0.2) is 0 Å². The average molecular weight is 347 g/mol. The molecule has 3 aromatic rings. The highest BCUT2D eigenvalue weighted by atomic mass is 16.5. The van der Waals surface area contributed by atoms with Crippen LogP contribution in [0.5, 0.6) is 5.75 Å². The van der Waals surface area contributed by atoms with Gasteiger partial charge in [0.05, 0.1) is 13.2 Å². The van der Waals surface area contributed by atoms with Gasteiger partial charge in [-0.05, 0) is 37.0 Å². The maximum absolute atomic E-state index is 12.1. The molecule has 132 valence electrons. The van der Waals surface area contributed by atoms with Crippen molar-refractivity contribution in [2.24, 2.45) is 0 Å². The standard InChI is InChI=1S/C21H21N3O2/c1-14-8-10-17(26-2)13-18(14)22-21-23-20(25)12-16-9-11-19(24(16)21)15-6-4-3-5-7-15/h3-8,10,12-13,19H,9,11H2,1-2H3,(H,22,23,25).